The molecule has 1 aromatic heterocycles. The van der Waals surface area contributed by atoms with E-state index >= 15 is 0 Å². The van der Waals surface area contributed by atoms with E-state index in [2.05, 4.69) is 6.58 Å². The van der Waals surface area contributed by atoms with Crippen molar-refractivity contribution in [1.29, 1.82) is 0 Å². The van der Waals surface area contributed by atoms with Crippen LogP contribution in [0.3, 0.4) is 0 Å². The van der Waals surface area contributed by atoms with Crippen molar-refractivity contribution in [2.45, 2.75) is 84.0 Å². The van der Waals surface area contributed by atoms with E-state index in [-0.39, 0.29) is 10.8 Å². The minimum Gasteiger partial charge on any atom is -0.477 e. The molecule has 0 aromatic carbocycles. The van der Waals surface area contributed by atoms with Crippen LogP contribution in [0, 0.1) is 0 Å². The molecule has 1 aromatic rings. The van der Waals surface area contributed by atoms with Crippen molar-refractivity contribution >= 4 is 29.2 Å². The van der Waals surface area contributed by atoms with E-state index in [1.54, 1.807) is 6.92 Å². The first-order valence-electron chi connectivity index (χ1n) is 11.2. The zero-order chi connectivity index (χ0) is 22.9. The first kappa shape index (κ1) is 26.9. The van der Waals surface area contributed by atoms with Crippen LogP contribution in [-0.4, -0.2) is 36.2 Å². The number of carbonyl (C=O) groups is 3. The molecule has 1 N–H and O–H groups in total. The molecule has 0 aliphatic carbocycles. The van der Waals surface area contributed by atoms with Gasteiger partial charge in [0.05, 0.1) is 13.2 Å². The Hall–Kier alpha value is -2.15. The molecule has 31 heavy (non-hydrogen) atoms. The predicted octanol–water partition coefficient (Wildman–Crippen LogP) is 6.40. The van der Waals surface area contributed by atoms with E-state index in [9.17, 15) is 14.4 Å². The van der Waals surface area contributed by atoms with Gasteiger partial charge >= 0.3 is 17.9 Å². The van der Waals surface area contributed by atoms with Crippen LogP contribution >= 0.6 is 11.3 Å². The summed E-state index contributed by atoms with van der Waals surface area (Å²) in [7, 11) is 0. The first-order chi connectivity index (χ1) is 14.9. The van der Waals surface area contributed by atoms with Crippen LogP contribution in [0.1, 0.15) is 103 Å². The molecule has 1 heterocycles. The molecule has 0 unspecified atom stereocenters. The standard InChI is InChI=1S/C24H36O6S/c1-19(2)23(27)29-17-13-11-9-7-5-3-4-6-8-10-12-14-18-30-24(28)21-16-15-20(31-21)22(25)26/h15-16H,1,3-14,17-18H2,2H3,(H,25,26). The maximum atomic E-state index is 11.8. The summed E-state index contributed by atoms with van der Waals surface area (Å²) in [6.07, 6.45) is 13.7. The van der Waals surface area contributed by atoms with Crippen molar-refractivity contribution in [1.82, 2.24) is 0 Å². The molecule has 0 spiro atoms. The number of carbonyl (C=O) groups excluding carboxylic acids is 2. The summed E-state index contributed by atoms with van der Waals surface area (Å²) in [4.78, 5) is 34.4. The van der Waals surface area contributed by atoms with Crippen LogP contribution in [0.4, 0.5) is 0 Å². The first-order valence-corrected chi connectivity index (χ1v) is 12.1. The Balaban J connectivity index is 1.83. The Bertz CT molecular complexity index is 694. The van der Waals surface area contributed by atoms with Crippen molar-refractivity contribution in [3.05, 3.63) is 34.0 Å². The molecule has 7 heteroatoms. The fourth-order valence-electron chi connectivity index (χ4n) is 3.06. The van der Waals surface area contributed by atoms with Crippen LogP contribution in [0.15, 0.2) is 24.3 Å². The smallest absolute Gasteiger partial charge is 0.348 e. The molecule has 6 nitrogen and oxygen atoms in total. The number of hydrogen-bond acceptors (Lipinski definition) is 6. The Morgan fingerprint density at radius 3 is 1.61 bits per heavy atom. The van der Waals surface area contributed by atoms with Crippen molar-refractivity contribution < 1.29 is 29.0 Å². The van der Waals surface area contributed by atoms with Crippen molar-refractivity contribution in [3.63, 3.8) is 0 Å². The number of esters is 2. The molecule has 0 atom stereocenters. The van der Waals surface area contributed by atoms with E-state index in [0.29, 0.717) is 23.7 Å². The van der Waals surface area contributed by atoms with Crippen LogP contribution in [0.2, 0.25) is 0 Å². The second-order valence-electron chi connectivity index (χ2n) is 7.76. The van der Waals surface area contributed by atoms with Crippen LogP contribution in [0.25, 0.3) is 0 Å². The van der Waals surface area contributed by atoms with Crippen LogP contribution in [0.5, 0.6) is 0 Å². The van der Waals surface area contributed by atoms with Gasteiger partial charge in [-0.1, -0.05) is 70.8 Å². The highest BCUT2D eigenvalue weighted by molar-refractivity contribution is 7.15. The summed E-state index contributed by atoms with van der Waals surface area (Å²) in [5, 5.41) is 8.87. The quantitative estimate of drug-likeness (QED) is 0.157. The van der Waals surface area contributed by atoms with Crippen molar-refractivity contribution in [3.8, 4) is 0 Å². The van der Waals surface area contributed by atoms with Crippen LogP contribution < -0.4 is 0 Å². The number of carboxylic acids is 1. The zero-order valence-corrected chi connectivity index (χ0v) is 19.5. The molecular weight excluding hydrogens is 416 g/mol. The number of aromatic carboxylic acids is 1. The summed E-state index contributed by atoms with van der Waals surface area (Å²) >= 11 is 0.944. The lowest BCUT2D eigenvalue weighted by molar-refractivity contribution is -0.139. The minimum absolute atomic E-state index is 0.147. The molecular formula is C24H36O6S. The number of thiophene rings is 1. The largest absolute Gasteiger partial charge is 0.477 e. The maximum absolute atomic E-state index is 11.8. The molecule has 174 valence electrons. The molecule has 0 fully saturated rings. The van der Waals surface area contributed by atoms with Gasteiger partial charge in [0.15, 0.2) is 0 Å². The predicted molar refractivity (Wildman–Crippen MR) is 123 cm³/mol. The summed E-state index contributed by atoms with van der Waals surface area (Å²) in [5.41, 5.74) is 0.454. The third kappa shape index (κ3) is 13.0. The van der Waals surface area contributed by atoms with Gasteiger partial charge in [-0.05, 0) is 31.9 Å². The fraction of sp³-hybridized carbons (Fsp3) is 0.625. The van der Waals surface area contributed by atoms with Gasteiger partial charge in [0.25, 0.3) is 0 Å². The third-order valence-electron chi connectivity index (χ3n) is 4.87. The number of hydrogen-bond donors (Lipinski definition) is 1. The van der Waals surface area contributed by atoms with Crippen molar-refractivity contribution in [2.24, 2.45) is 0 Å². The van der Waals surface area contributed by atoms with E-state index in [4.69, 9.17) is 14.6 Å². The number of rotatable bonds is 18. The summed E-state index contributed by atoms with van der Waals surface area (Å²) in [6.45, 7) is 6.09. The minimum atomic E-state index is -1.03. The summed E-state index contributed by atoms with van der Waals surface area (Å²) < 4.78 is 10.3. The second-order valence-corrected chi connectivity index (χ2v) is 8.85. The Labute approximate surface area is 189 Å². The van der Waals surface area contributed by atoms with Gasteiger partial charge in [-0.2, -0.15) is 0 Å². The fourth-order valence-corrected chi connectivity index (χ4v) is 3.80. The van der Waals surface area contributed by atoms with E-state index < -0.39 is 11.9 Å². The molecule has 0 amide bonds. The van der Waals surface area contributed by atoms with E-state index in [1.165, 1.54) is 57.1 Å². The van der Waals surface area contributed by atoms with Gasteiger partial charge < -0.3 is 14.6 Å². The van der Waals surface area contributed by atoms with Gasteiger partial charge in [0.1, 0.15) is 9.75 Å². The van der Waals surface area contributed by atoms with Gasteiger partial charge in [0.2, 0.25) is 0 Å². The maximum Gasteiger partial charge on any atom is 0.348 e. The Kier molecular flexibility index (Phi) is 14.3. The lowest BCUT2D eigenvalue weighted by Crippen LogP contribution is -2.05. The number of carboxylic acid groups (broad SMARTS) is 1. The Morgan fingerprint density at radius 1 is 0.774 bits per heavy atom. The molecule has 0 saturated heterocycles. The molecule has 0 aliphatic rings. The van der Waals surface area contributed by atoms with E-state index in [0.717, 1.165) is 43.4 Å². The average molecular weight is 453 g/mol. The summed E-state index contributed by atoms with van der Waals surface area (Å²) in [5.74, 6) is -1.76. The van der Waals surface area contributed by atoms with Gasteiger partial charge in [-0.25, -0.2) is 14.4 Å². The van der Waals surface area contributed by atoms with Crippen molar-refractivity contribution in [2.75, 3.05) is 13.2 Å². The highest BCUT2D eigenvalue weighted by Gasteiger charge is 2.13. The molecule has 0 saturated carbocycles. The van der Waals surface area contributed by atoms with Crippen LogP contribution in [-0.2, 0) is 14.3 Å². The van der Waals surface area contributed by atoms with Gasteiger partial charge in [-0.3, -0.25) is 0 Å². The second kappa shape index (κ2) is 16.5. The SMILES string of the molecule is C=C(C)C(=O)OCCCCCCCCCCCCCCOC(=O)c1ccc(C(=O)O)s1. The lowest BCUT2D eigenvalue weighted by atomic mass is 10.1. The molecule has 0 aliphatic heterocycles. The summed E-state index contributed by atoms with van der Waals surface area (Å²) in [6, 6.07) is 2.92. The Morgan fingerprint density at radius 2 is 1.19 bits per heavy atom. The van der Waals surface area contributed by atoms with E-state index in [1.807, 2.05) is 0 Å². The third-order valence-corrected chi connectivity index (χ3v) is 5.92. The van der Waals surface area contributed by atoms with Gasteiger partial charge in [-0.15, -0.1) is 11.3 Å². The normalized spacial score (nSPS) is 10.6. The highest BCUT2D eigenvalue weighted by atomic mass is 32.1. The zero-order valence-electron chi connectivity index (χ0n) is 18.7. The molecule has 0 radical (unpaired) electrons. The monoisotopic (exact) mass is 452 g/mol. The number of ether oxygens (including phenoxy) is 2. The topological polar surface area (TPSA) is 89.9 Å². The number of unbranched alkanes of at least 4 members (excludes halogenated alkanes) is 11. The molecule has 1 rings (SSSR count). The lowest BCUT2D eigenvalue weighted by Gasteiger charge is -2.05. The van der Waals surface area contributed by atoms with Gasteiger partial charge in [0, 0.05) is 5.57 Å². The highest BCUT2D eigenvalue weighted by Crippen LogP contribution is 2.18. The molecule has 0 bridgehead atoms. The average Bonchev–Trinajstić information content (AvgIpc) is 3.23.